The van der Waals surface area contributed by atoms with E-state index in [2.05, 4.69) is 13.8 Å². The van der Waals surface area contributed by atoms with Crippen molar-refractivity contribution in [1.29, 1.82) is 0 Å². The molecule has 0 aliphatic carbocycles. The summed E-state index contributed by atoms with van der Waals surface area (Å²) >= 11 is 0. The number of carbonyl (C=O) groups is 1. The van der Waals surface area contributed by atoms with Crippen LogP contribution in [-0.2, 0) is 4.79 Å². The summed E-state index contributed by atoms with van der Waals surface area (Å²) in [6.07, 6.45) is 33.1. The minimum Gasteiger partial charge on any atom is -0.300 e. The topological polar surface area (TPSA) is 17.1 Å². The minimum atomic E-state index is 0.521. The summed E-state index contributed by atoms with van der Waals surface area (Å²) in [7, 11) is 0. The van der Waals surface area contributed by atoms with Crippen LogP contribution in [0, 0.1) is 0 Å². The highest BCUT2D eigenvalue weighted by atomic mass is 16.1. The third kappa shape index (κ3) is 25.6. The van der Waals surface area contributed by atoms with Crippen LogP contribution in [-0.4, -0.2) is 5.78 Å². The first-order valence-corrected chi connectivity index (χ1v) is 13.8. The molecule has 0 bridgehead atoms. The third-order valence-electron chi connectivity index (χ3n) is 6.37. The van der Waals surface area contributed by atoms with E-state index in [0.717, 1.165) is 25.7 Å². The molecular formula is C28H56O. The number of unbranched alkanes of at least 4 members (excludes halogenated alkanes) is 21. The van der Waals surface area contributed by atoms with Crippen molar-refractivity contribution >= 4 is 5.78 Å². The van der Waals surface area contributed by atoms with E-state index >= 15 is 0 Å². The van der Waals surface area contributed by atoms with E-state index in [-0.39, 0.29) is 0 Å². The van der Waals surface area contributed by atoms with E-state index in [4.69, 9.17) is 0 Å². The molecule has 0 spiro atoms. The highest BCUT2D eigenvalue weighted by Gasteiger charge is 2.02. The second-order valence-electron chi connectivity index (χ2n) is 9.46. The molecule has 0 aliphatic rings. The summed E-state index contributed by atoms with van der Waals surface area (Å²) < 4.78 is 0. The van der Waals surface area contributed by atoms with Gasteiger partial charge in [0.1, 0.15) is 5.78 Å². The molecule has 0 N–H and O–H groups in total. The molecule has 0 aliphatic heterocycles. The second kappa shape index (κ2) is 25.7. The van der Waals surface area contributed by atoms with Gasteiger partial charge in [-0.05, 0) is 12.8 Å². The fraction of sp³-hybridized carbons (Fsp3) is 0.964. The van der Waals surface area contributed by atoms with Crippen LogP contribution in [0.1, 0.15) is 174 Å². The second-order valence-corrected chi connectivity index (χ2v) is 9.46. The van der Waals surface area contributed by atoms with E-state index in [9.17, 15) is 4.79 Å². The number of ketones is 1. The lowest BCUT2D eigenvalue weighted by atomic mass is 10.0. The highest BCUT2D eigenvalue weighted by molar-refractivity contribution is 5.78. The lowest BCUT2D eigenvalue weighted by Gasteiger charge is -2.04. The maximum atomic E-state index is 12.0. The average Bonchev–Trinajstić information content (AvgIpc) is 2.72. The van der Waals surface area contributed by atoms with Gasteiger partial charge >= 0.3 is 0 Å². The molecule has 1 nitrogen and oxygen atoms in total. The number of hydrogen-bond donors (Lipinski definition) is 0. The van der Waals surface area contributed by atoms with Crippen molar-refractivity contribution in [3.05, 3.63) is 0 Å². The molecule has 0 heterocycles. The first-order chi connectivity index (χ1) is 14.3. The van der Waals surface area contributed by atoms with Gasteiger partial charge in [-0.15, -0.1) is 0 Å². The van der Waals surface area contributed by atoms with Crippen molar-refractivity contribution in [2.45, 2.75) is 174 Å². The number of carbonyl (C=O) groups excluding carboxylic acids is 1. The minimum absolute atomic E-state index is 0.521. The van der Waals surface area contributed by atoms with Gasteiger partial charge in [-0.1, -0.05) is 149 Å². The maximum absolute atomic E-state index is 12.0. The number of rotatable bonds is 25. The van der Waals surface area contributed by atoms with Gasteiger partial charge in [-0.3, -0.25) is 4.79 Å². The Morgan fingerprint density at radius 3 is 0.793 bits per heavy atom. The summed E-state index contributed by atoms with van der Waals surface area (Å²) in [4.78, 5) is 12.0. The van der Waals surface area contributed by atoms with Crippen molar-refractivity contribution in [2.75, 3.05) is 0 Å². The van der Waals surface area contributed by atoms with Gasteiger partial charge in [0.25, 0.3) is 0 Å². The lowest BCUT2D eigenvalue weighted by Crippen LogP contribution is -1.97. The van der Waals surface area contributed by atoms with E-state index in [1.807, 2.05) is 0 Å². The predicted octanol–water partition coefficient (Wildman–Crippen LogP) is 10.3. The van der Waals surface area contributed by atoms with Gasteiger partial charge in [0.15, 0.2) is 0 Å². The van der Waals surface area contributed by atoms with Crippen LogP contribution in [0.4, 0.5) is 0 Å². The molecule has 0 atom stereocenters. The highest BCUT2D eigenvalue weighted by Crippen LogP contribution is 2.14. The Kier molecular flexibility index (Phi) is 25.4. The fourth-order valence-corrected chi connectivity index (χ4v) is 4.27. The molecule has 0 amide bonds. The van der Waals surface area contributed by atoms with E-state index < -0.39 is 0 Å². The maximum Gasteiger partial charge on any atom is 0.132 e. The van der Waals surface area contributed by atoms with E-state index in [0.29, 0.717) is 5.78 Å². The monoisotopic (exact) mass is 408 g/mol. The lowest BCUT2D eigenvalue weighted by molar-refractivity contribution is -0.119. The summed E-state index contributed by atoms with van der Waals surface area (Å²) in [5.41, 5.74) is 0. The molecule has 0 unspecified atom stereocenters. The molecular weight excluding hydrogens is 352 g/mol. The zero-order valence-electron chi connectivity index (χ0n) is 20.6. The van der Waals surface area contributed by atoms with Gasteiger partial charge in [-0.2, -0.15) is 0 Å². The van der Waals surface area contributed by atoms with Crippen LogP contribution >= 0.6 is 0 Å². The van der Waals surface area contributed by atoms with Crippen molar-refractivity contribution in [1.82, 2.24) is 0 Å². The van der Waals surface area contributed by atoms with Crippen LogP contribution in [0.3, 0.4) is 0 Å². The molecule has 0 saturated carbocycles. The molecule has 29 heavy (non-hydrogen) atoms. The van der Waals surface area contributed by atoms with Crippen LogP contribution in [0.25, 0.3) is 0 Å². The van der Waals surface area contributed by atoms with Crippen molar-refractivity contribution in [2.24, 2.45) is 0 Å². The summed E-state index contributed by atoms with van der Waals surface area (Å²) in [5, 5.41) is 0. The molecule has 0 saturated heterocycles. The third-order valence-corrected chi connectivity index (χ3v) is 6.37. The van der Waals surface area contributed by atoms with Gasteiger partial charge < -0.3 is 0 Å². The smallest absolute Gasteiger partial charge is 0.132 e. The standard InChI is InChI=1S/C28H56O/c1-3-5-7-9-11-13-15-16-17-19-21-23-25-27-28(29)26-24-22-20-18-14-12-10-8-6-4-2/h3-27H2,1-2H3. The Bertz CT molecular complexity index is 309. The molecule has 0 aromatic rings. The zero-order chi connectivity index (χ0) is 21.3. The average molecular weight is 409 g/mol. The molecule has 0 fully saturated rings. The van der Waals surface area contributed by atoms with Gasteiger partial charge in [0.05, 0.1) is 0 Å². The van der Waals surface area contributed by atoms with Crippen LogP contribution in [0.5, 0.6) is 0 Å². The van der Waals surface area contributed by atoms with E-state index in [1.165, 1.54) is 135 Å². The Labute approximate surface area is 185 Å². The largest absolute Gasteiger partial charge is 0.300 e. The van der Waals surface area contributed by atoms with Crippen molar-refractivity contribution < 1.29 is 4.79 Å². The van der Waals surface area contributed by atoms with Crippen molar-refractivity contribution in [3.8, 4) is 0 Å². The fourth-order valence-electron chi connectivity index (χ4n) is 4.27. The predicted molar refractivity (Wildman–Crippen MR) is 132 cm³/mol. The van der Waals surface area contributed by atoms with Crippen LogP contribution in [0.2, 0.25) is 0 Å². The molecule has 0 aromatic heterocycles. The molecule has 0 rings (SSSR count). The van der Waals surface area contributed by atoms with E-state index in [1.54, 1.807) is 0 Å². The summed E-state index contributed by atoms with van der Waals surface area (Å²) in [6, 6.07) is 0. The molecule has 0 radical (unpaired) electrons. The Hall–Kier alpha value is -0.330. The van der Waals surface area contributed by atoms with Gasteiger partial charge in [0.2, 0.25) is 0 Å². The first-order valence-electron chi connectivity index (χ1n) is 13.8. The Balaban J connectivity index is 3.13. The zero-order valence-corrected chi connectivity index (χ0v) is 20.6. The molecule has 1 heteroatoms. The number of Topliss-reactive ketones (excluding diaryl/α,β-unsaturated/α-hetero) is 1. The van der Waals surface area contributed by atoms with Crippen molar-refractivity contribution in [3.63, 3.8) is 0 Å². The number of hydrogen-bond acceptors (Lipinski definition) is 1. The van der Waals surface area contributed by atoms with Crippen LogP contribution in [0.15, 0.2) is 0 Å². The molecule has 0 aromatic carbocycles. The Morgan fingerprint density at radius 1 is 0.345 bits per heavy atom. The van der Waals surface area contributed by atoms with Gasteiger partial charge in [0, 0.05) is 12.8 Å². The SMILES string of the molecule is CCCCCCCCCCCCCCCC(=O)CCCCCCCCCCCC. The normalized spacial score (nSPS) is 11.2. The quantitative estimate of drug-likeness (QED) is 0.137. The summed E-state index contributed by atoms with van der Waals surface area (Å²) in [5.74, 6) is 0.521. The Morgan fingerprint density at radius 2 is 0.552 bits per heavy atom. The summed E-state index contributed by atoms with van der Waals surface area (Å²) in [6.45, 7) is 4.56. The van der Waals surface area contributed by atoms with Gasteiger partial charge in [-0.25, -0.2) is 0 Å². The first kappa shape index (κ1) is 28.7. The molecule has 174 valence electrons. The van der Waals surface area contributed by atoms with Crippen LogP contribution < -0.4 is 0 Å².